The first-order valence-corrected chi connectivity index (χ1v) is 51.2. The van der Waals surface area contributed by atoms with E-state index >= 15 is 52.7 Å². The molecule has 2 aromatic rings. The fourth-order valence-electron chi connectivity index (χ4n) is 15.7. The molecule has 4 aliphatic rings. The number of hydrogen-bond donors (Lipinski definition) is 21. The van der Waals surface area contributed by atoms with E-state index < -0.39 is 322 Å². The number of benzene rings is 1. The molecule has 0 aliphatic carbocycles. The maximum atomic E-state index is 16.0. The van der Waals surface area contributed by atoms with Crippen LogP contribution in [0.25, 0.3) is 10.9 Å². The van der Waals surface area contributed by atoms with Crippen LogP contribution in [-0.4, -0.2) is 294 Å². The topological polar surface area (TPSA) is 642 Å². The number of nitrogens with two attached hydrogens (primary N) is 2. The normalized spacial score (nSPS) is 28.8. The van der Waals surface area contributed by atoms with Gasteiger partial charge in [0.2, 0.25) is 94.5 Å². The molecule has 6 rings (SSSR count). The summed E-state index contributed by atoms with van der Waals surface area (Å²) < 4.78 is 0. The Labute approximate surface area is 810 Å². The van der Waals surface area contributed by atoms with Crippen LogP contribution < -0.4 is 96.5 Å². The summed E-state index contributed by atoms with van der Waals surface area (Å²) >= 11 is 3.34. The summed E-state index contributed by atoms with van der Waals surface area (Å²) in [5.41, 5.74) is 13.3. The Bertz CT molecular complexity index is 4520. The first kappa shape index (κ1) is 115. The minimum atomic E-state index is -1.94. The fraction of sp³-hybridized carbons (Fsp3) is 0.692. The number of aliphatic carboxylic acids is 1. The van der Waals surface area contributed by atoms with Crippen molar-refractivity contribution in [3.8, 4) is 0 Å². The lowest BCUT2D eigenvalue weighted by molar-refractivity contribution is -0.139. The van der Waals surface area contributed by atoms with Crippen molar-refractivity contribution in [3.63, 3.8) is 0 Å². The molecule has 1 aromatic heterocycles. The first-order chi connectivity index (χ1) is 64.2. The van der Waals surface area contributed by atoms with Crippen molar-refractivity contribution in [2.24, 2.45) is 52.9 Å². The number of amides is 16. The highest BCUT2D eigenvalue weighted by molar-refractivity contribution is 8.00. The van der Waals surface area contributed by atoms with Gasteiger partial charge in [-0.3, -0.25) is 95.9 Å². The van der Waals surface area contributed by atoms with Crippen LogP contribution in [-0.2, 0) is 102 Å². The summed E-state index contributed by atoms with van der Waals surface area (Å²) in [7, 11) is 0. The van der Waals surface area contributed by atoms with Gasteiger partial charge in [0.05, 0.1) is 43.9 Å². The van der Waals surface area contributed by atoms with E-state index in [2.05, 4.69) is 90.1 Å². The van der Waals surface area contributed by atoms with Gasteiger partial charge in [-0.05, 0) is 79.9 Å². The summed E-state index contributed by atoms with van der Waals surface area (Å²) in [6.45, 7) is 20.1. The van der Waals surface area contributed by atoms with Crippen LogP contribution >= 0.6 is 47.0 Å². The summed E-state index contributed by atoms with van der Waals surface area (Å²) in [6, 6.07) is -17.5. The number of carbonyl (C=O) groups is 20. The number of rotatable bonds is 25. The lowest BCUT2D eigenvalue weighted by Crippen LogP contribution is -2.62. The van der Waals surface area contributed by atoms with Crippen LogP contribution in [0.4, 0.5) is 0 Å². The van der Waals surface area contributed by atoms with Crippen molar-refractivity contribution in [2.75, 3.05) is 55.0 Å². The molecule has 136 heavy (non-hydrogen) atoms. The van der Waals surface area contributed by atoms with Crippen molar-refractivity contribution in [1.82, 2.24) is 90.1 Å². The molecule has 0 radical (unpaired) electrons. The third kappa shape index (κ3) is 36.4. The first-order valence-electron chi connectivity index (χ1n) is 46.9. The number of H-pyrrole nitrogens is 1. The summed E-state index contributed by atoms with van der Waals surface area (Å²) in [5.74, 6) is -27.6. The Balaban J connectivity index is 1.61. The molecular weight excluding hydrogens is 1840 g/mol. The maximum absolute atomic E-state index is 16.0. The standard InChI is InChI=1S/C91H143N19O22S4/c1-15-48(10)55-34-69(114)75-50(12)134-42-64-68(113)32-49(11)78(119)102-63(67(112)26-20-18-16-17-19-23-29-92)41-135-51(13)76(90(131)99-59(30-44(2)3)84(125)107-73(46(6)7)88(129)103-64)106-71(116)37-96-82(123)66(104-83(124)58(98-79(55)120)27-28-72(117)118)43-136-52(14)77(91(132)100-60(31-45(4)5)85(126)109-75)110-87(128)65-40-133-39-56(93)80(121)101-62(38-111)81(122)95-36-70(115)97-61(86(127)108-74(47(8)9)89(130)105-65)33-53-35-94-57-25-22-21-24-54(53)57/h21-22,24-25,35,44-52,55-56,58-66,73-77,94,111H,15-20,23,26-34,36-43,92-93H2,1-14H3,(H,95,122)(H,96,123)(H,97,115)(H,98,120)(H,99,131)(H,100,132)(H,101,121)(H,102,119)(H,103,129)(H,104,124)(H,105,130)(H,106,116)(H,107,125)(H,108,127)(H,109,126)(H,110,128)(H,117,118)/t48?,49-,50+,51+,52+,55+,56+,58+,59+,60+,61+,62+,63+,64+,65?,66+,73+,74+,75-,76+,77-/m1/s1. The van der Waals surface area contributed by atoms with Gasteiger partial charge in [-0.15, -0.1) is 0 Å². The van der Waals surface area contributed by atoms with E-state index in [0.717, 1.165) is 61.0 Å². The highest BCUT2D eigenvalue weighted by Crippen LogP contribution is 2.29. The predicted molar refractivity (Wildman–Crippen MR) is 516 cm³/mol. The van der Waals surface area contributed by atoms with Crippen LogP contribution in [0.1, 0.15) is 192 Å². The van der Waals surface area contributed by atoms with E-state index in [1.54, 1.807) is 99.7 Å². The van der Waals surface area contributed by atoms with E-state index in [4.69, 9.17) is 11.5 Å². The Kier molecular flexibility index (Phi) is 47.9. The number of aliphatic hydroxyl groups excluding tert-OH is 1. The second-order valence-corrected chi connectivity index (χ2v) is 42.4. The van der Waals surface area contributed by atoms with Gasteiger partial charge in [-0.2, -0.15) is 47.0 Å². The molecule has 4 saturated heterocycles. The zero-order valence-electron chi connectivity index (χ0n) is 80.1. The number of aromatic nitrogens is 1. The van der Waals surface area contributed by atoms with Crippen molar-refractivity contribution >= 4 is 176 Å². The quantitative estimate of drug-likeness (QED) is 0.0416. The number of unbranched alkanes of at least 4 members (excludes halogenated alkanes) is 5. The van der Waals surface area contributed by atoms with E-state index in [1.807, 2.05) is 0 Å². The highest BCUT2D eigenvalue weighted by atomic mass is 32.2. The molecular formula is C91H143N19O22S4. The minimum Gasteiger partial charge on any atom is -0.481 e. The zero-order chi connectivity index (χ0) is 101. The van der Waals surface area contributed by atoms with Gasteiger partial charge < -0.3 is 112 Å². The molecule has 0 saturated carbocycles. The van der Waals surface area contributed by atoms with Gasteiger partial charge in [0.15, 0.2) is 17.3 Å². The number of hydrogen-bond acceptors (Lipinski definition) is 27. The number of carboxylic acids is 1. The molecule has 45 heteroatoms. The van der Waals surface area contributed by atoms with Crippen molar-refractivity contribution in [2.45, 2.75) is 300 Å². The lowest BCUT2D eigenvalue weighted by Gasteiger charge is -2.32. The molecule has 41 nitrogen and oxygen atoms in total. The largest absolute Gasteiger partial charge is 0.481 e. The van der Waals surface area contributed by atoms with Crippen LogP contribution in [0.5, 0.6) is 0 Å². The summed E-state index contributed by atoms with van der Waals surface area (Å²) in [4.78, 5) is 301. The molecule has 5 heterocycles. The lowest BCUT2D eigenvalue weighted by atomic mass is 9.84. The molecule has 4 bridgehead atoms. The van der Waals surface area contributed by atoms with E-state index in [9.17, 15) is 53.4 Å². The molecule has 4 fully saturated rings. The molecule has 16 amide bonds. The Morgan fingerprint density at radius 2 is 1.01 bits per heavy atom. The van der Waals surface area contributed by atoms with Gasteiger partial charge in [-0.1, -0.05) is 147 Å². The number of aromatic amines is 1. The number of aliphatic hydroxyl groups is 1. The number of para-hydroxylation sites is 1. The number of thioether (sulfide) groups is 4. The minimum absolute atomic E-state index is 0.00972. The van der Waals surface area contributed by atoms with Crippen molar-refractivity contribution in [1.29, 1.82) is 0 Å². The third-order valence-electron chi connectivity index (χ3n) is 24.2. The Morgan fingerprint density at radius 3 is 1.62 bits per heavy atom. The molecule has 1 aromatic carbocycles. The molecule has 23 N–H and O–H groups in total. The number of Topliss-reactive ketones (excluding diaryl/α,β-unsaturated/α-hetero) is 3. The molecule has 2 unspecified atom stereocenters. The number of carbonyl (C=O) groups excluding carboxylic acids is 19. The smallest absolute Gasteiger partial charge is 0.303 e. The SMILES string of the molecule is CCC(C)[C@@H]1CC(=O)[C@@H]2NC(=O)[C@H](CC(C)C)NC(=O)[C@H](NC(=O)C3CSC[C@H](N)C(=O)N[C@@H](CO)C(=O)NCC(=O)N[C@@H](Cc4c[nH]c5ccccc45)C(=O)N[C@@H](C(C)C)C(=O)N3)[C@H](C)SC[C@H](NC(=O)[C@H](CCC(=O)O)NC1=O)C(=O)NCC(=O)N[C@@H]1C(=O)N[C@@H](CC(C)C)C(=O)N[C@@H](C(C)C)C(=O)N[C@@H](CS[C@H]2C)C(=O)C[C@@H](C)C(=O)N[C@H](C(=O)CCCCCCCCN)CS[C@H]1C. The van der Waals surface area contributed by atoms with Gasteiger partial charge in [0, 0.05) is 106 Å². The number of carboxylic acid groups (broad SMARTS) is 1. The van der Waals surface area contributed by atoms with E-state index in [-0.39, 0.29) is 49.5 Å². The second kappa shape index (κ2) is 56.8. The molecule has 758 valence electrons. The fourth-order valence-corrected chi connectivity index (χ4v) is 20.2. The van der Waals surface area contributed by atoms with Gasteiger partial charge in [-0.25, -0.2) is 0 Å². The zero-order valence-corrected chi connectivity index (χ0v) is 83.4. The van der Waals surface area contributed by atoms with Gasteiger partial charge in [0.25, 0.3) is 0 Å². The molecule has 0 spiro atoms. The summed E-state index contributed by atoms with van der Waals surface area (Å²) in [5, 5.41) is 59.9. The van der Waals surface area contributed by atoms with Crippen molar-refractivity contribution in [3.05, 3.63) is 36.0 Å². The second-order valence-electron chi connectivity index (χ2n) is 37.1. The van der Waals surface area contributed by atoms with Crippen molar-refractivity contribution < 1.29 is 106 Å². The van der Waals surface area contributed by atoms with Gasteiger partial charge in [0.1, 0.15) is 66.5 Å². The Hall–Kier alpha value is -9.96. The van der Waals surface area contributed by atoms with Gasteiger partial charge >= 0.3 is 5.97 Å². The van der Waals surface area contributed by atoms with Crippen LogP contribution in [0.3, 0.4) is 0 Å². The highest BCUT2D eigenvalue weighted by Gasteiger charge is 2.44. The third-order valence-corrected chi connectivity index (χ3v) is 29.3. The number of ketones is 3. The predicted octanol–water partition coefficient (Wildman–Crippen LogP) is -1.05. The van der Waals surface area contributed by atoms with E-state index in [1.165, 1.54) is 27.7 Å². The van der Waals surface area contributed by atoms with Crippen LogP contribution in [0.2, 0.25) is 0 Å². The van der Waals surface area contributed by atoms with Crippen LogP contribution in [0, 0.1) is 41.4 Å². The molecule has 21 atom stereocenters. The van der Waals surface area contributed by atoms with Crippen LogP contribution in [0.15, 0.2) is 30.5 Å². The number of nitrogens with one attached hydrogen (secondary N) is 17. The monoisotopic (exact) mass is 1980 g/mol. The summed E-state index contributed by atoms with van der Waals surface area (Å²) in [6.07, 6.45) is 2.95. The number of fused-ring (bicyclic) bond motifs is 19. The van der Waals surface area contributed by atoms with E-state index in [0.29, 0.717) is 47.6 Å². The maximum Gasteiger partial charge on any atom is 0.303 e. The Morgan fingerprint density at radius 1 is 0.478 bits per heavy atom. The average molecular weight is 1980 g/mol. The average Bonchev–Trinajstić information content (AvgIpc) is 1.72. The molecule has 4 aliphatic heterocycles.